The van der Waals surface area contributed by atoms with Gasteiger partial charge < -0.3 is 10.2 Å². The Labute approximate surface area is 118 Å². The first-order valence-electron chi connectivity index (χ1n) is 7.08. The Kier molecular flexibility index (Phi) is 3.70. The first kappa shape index (κ1) is 13.5. The lowest BCUT2D eigenvalue weighted by Crippen LogP contribution is -2.46. The van der Waals surface area contributed by atoms with E-state index in [1.807, 2.05) is 12.3 Å². The van der Waals surface area contributed by atoms with Crippen LogP contribution in [0.4, 0.5) is 0 Å². The standard InChI is InChI=1S/C16H20N2O2/c19-12-16(20)6-9-18(10-7-16)11-14-4-1-3-13-5-2-8-17-15(13)14/h1-5,8,19-20H,6-7,9-12H2. The fourth-order valence-corrected chi connectivity index (χ4v) is 2.82. The quantitative estimate of drug-likeness (QED) is 0.890. The van der Waals surface area contributed by atoms with Gasteiger partial charge in [0.1, 0.15) is 0 Å². The molecule has 106 valence electrons. The second-order valence-corrected chi connectivity index (χ2v) is 5.65. The van der Waals surface area contributed by atoms with E-state index in [9.17, 15) is 10.2 Å². The summed E-state index contributed by atoms with van der Waals surface area (Å²) in [5.74, 6) is 0. The van der Waals surface area contributed by atoms with Crippen molar-refractivity contribution in [2.45, 2.75) is 25.0 Å². The van der Waals surface area contributed by atoms with Crippen LogP contribution >= 0.6 is 0 Å². The van der Waals surface area contributed by atoms with Gasteiger partial charge in [0.05, 0.1) is 17.7 Å². The van der Waals surface area contributed by atoms with Crippen LogP contribution in [-0.4, -0.2) is 45.4 Å². The van der Waals surface area contributed by atoms with Crippen LogP contribution in [0.1, 0.15) is 18.4 Å². The maximum atomic E-state index is 10.0. The van der Waals surface area contributed by atoms with Gasteiger partial charge >= 0.3 is 0 Å². The summed E-state index contributed by atoms with van der Waals surface area (Å²) in [6.07, 6.45) is 3.08. The Bertz CT molecular complexity index is 587. The van der Waals surface area contributed by atoms with Crippen LogP contribution in [-0.2, 0) is 6.54 Å². The highest BCUT2D eigenvalue weighted by Gasteiger charge is 2.31. The SMILES string of the molecule is OCC1(O)CCN(Cc2cccc3cccnc23)CC1. The molecule has 0 spiro atoms. The maximum Gasteiger partial charge on any atom is 0.0901 e. The van der Waals surface area contributed by atoms with Gasteiger partial charge in [0, 0.05) is 31.2 Å². The molecule has 1 aromatic heterocycles. The molecule has 2 N–H and O–H groups in total. The number of aliphatic hydroxyl groups is 2. The predicted octanol–water partition coefficient (Wildman–Crippen LogP) is 1.55. The highest BCUT2D eigenvalue weighted by Crippen LogP contribution is 2.24. The predicted molar refractivity (Wildman–Crippen MR) is 78.3 cm³/mol. The molecule has 1 fully saturated rings. The van der Waals surface area contributed by atoms with Crippen molar-refractivity contribution in [2.75, 3.05) is 19.7 Å². The van der Waals surface area contributed by atoms with Crippen LogP contribution in [0.3, 0.4) is 0 Å². The number of pyridine rings is 1. The van der Waals surface area contributed by atoms with E-state index in [1.54, 1.807) is 0 Å². The van der Waals surface area contributed by atoms with E-state index >= 15 is 0 Å². The third kappa shape index (κ3) is 2.68. The minimum Gasteiger partial charge on any atom is -0.393 e. The van der Waals surface area contributed by atoms with Crippen molar-refractivity contribution in [2.24, 2.45) is 0 Å². The lowest BCUT2D eigenvalue weighted by atomic mass is 9.92. The molecular formula is C16H20N2O2. The molecule has 0 radical (unpaired) electrons. The van der Waals surface area contributed by atoms with Crippen LogP contribution in [0, 0.1) is 0 Å². The highest BCUT2D eigenvalue weighted by atomic mass is 16.3. The van der Waals surface area contributed by atoms with Crippen molar-refractivity contribution in [3.05, 3.63) is 42.1 Å². The summed E-state index contributed by atoms with van der Waals surface area (Å²) in [5, 5.41) is 20.4. The summed E-state index contributed by atoms with van der Waals surface area (Å²) in [6, 6.07) is 10.3. The van der Waals surface area contributed by atoms with Gasteiger partial charge in [-0.2, -0.15) is 0 Å². The van der Waals surface area contributed by atoms with Gasteiger partial charge in [0.25, 0.3) is 0 Å². The van der Waals surface area contributed by atoms with E-state index < -0.39 is 5.60 Å². The summed E-state index contributed by atoms with van der Waals surface area (Å²) in [7, 11) is 0. The molecule has 4 heteroatoms. The Morgan fingerprint density at radius 2 is 1.90 bits per heavy atom. The van der Waals surface area contributed by atoms with Gasteiger partial charge in [-0.3, -0.25) is 9.88 Å². The molecule has 0 saturated carbocycles. The third-order valence-electron chi connectivity index (χ3n) is 4.19. The molecular weight excluding hydrogens is 252 g/mol. The molecule has 1 aliphatic rings. The second kappa shape index (κ2) is 5.48. The summed E-state index contributed by atoms with van der Waals surface area (Å²) >= 11 is 0. The summed E-state index contributed by atoms with van der Waals surface area (Å²) in [4.78, 5) is 6.79. The molecule has 0 unspecified atom stereocenters. The number of piperidine rings is 1. The van der Waals surface area contributed by atoms with Gasteiger partial charge in [-0.25, -0.2) is 0 Å². The molecule has 20 heavy (non-hydrogen) atoms. The number of para-hydroxylation sites is 1. The zero-order valence-electron chi connectivity index (χ0n) is 11.5. The lowest BCUT2D eigenvalue weighted by Gasteiger charge is -2.37. The molecule has 2 aromatic rings. The van der Waals surface area contributed by atoms with E-state index in [2.05, 4.69) is 34.1 Å². The smallest absolute Gasteiger partial charge is 0.0901 e. The molecule has 1 aliphatic heterocycles. The van der Waals surface area contributed by atoms with Crippen molar-refractivity contribution >= 4 is 10.9 Å². The van der Waals surface area contributed by atoms with Crippen LogP contribution in [0.25, 0.3) is 10.9 Å². The normalized spacial score (nSPS) is 19.3. The number of aliphatic hydroxyl groups excluding tert-OH is 1. The molecule has 1 aromatic carbocycles. The van der Waals surface area contributed by atoms with Gasteiger partial charge in [0.15, 0.2) is 0 Å². The van der Waals surface area contributed by atoms with Crippen LogP contribution in [0.15, 0.2) is 36.5 Å². The zero-order valence-corrected chi connectivity index (χ0v) is 11.5. The Balaban J connectivity index is 1.75. The van der Waals surface area contributed by atoms with E-state index in [0.717, 1.165) is 30.5 Å². The van der Waals surface area contributed by atoms with E-state index in [4.69, 9.17) is 0 Å². The molecule has 4 nitrogen and oxygen atoms in total. The molecule has 2 heterocycles. The zero-order chi connectivity index (χ0) is 14.0. The monoisotopic (exact) mass is 272 g/mol. The van der Waals surface area contributed by atoms with Crippen LogP contribution in [0.5, 0.6) is 0 Å². The fourth-order valence-electron chi connectivity index (χ4n) is 2.82. The van der Waals surface area contributed by atoms with Gasteiger partial charge in [-0.05, 0) is 24.5 Å². The van der Waals surface area contributed by atoms with E-state index in [-0.39, 0.29) is 6.61 Å². The first-order valence-corrected chi connectivity index (χ1v) is 7.08. The number of hydrogen-bond donors (Lipinski definition) is 2. The van der Waals surface area contributed by atoms with Crippen molar-refractivity contribution in [3.8, 4) is 0 Å². The number of hydrogen-bond acceptors (Lipinski definition) is 4. The number of benzene rings is 1. The maximum absolute atomic E-state index is 10.0. The second-order valence-electron chi connectivity index (χ2n) is 5.65. The minimum atomic E-state index is -0.881. The number of aromatic nitrogens is 1. The number of fused-ring (bicyclic) bond motifs is 1. The average molecular weight is 272 g/mol. The Morgan fingerprint density at radius 3 is 2.65 bits per heavy atom. The molecule has 0 bridgehead atoms. The van der Waals surface area contributed by atoms with Crippen molar-refractivity contribution < 1.29 is 10.2 Å². The van der Waals surface area contributed by atoms with Gasteiger partial charge in [-0.1, -0.05) is 24.3 Å². The minimum absolute atomic E-state index is 0.142. The largest absolute Gasteiger partial charge is 0.393 e. The van der Waals surface area contributed by atoms with E-state index in [1.165, 1.54) is 5.56 Å². The van der Waals surface area contributed by atoms with Crippen molar-refractivity contribution in [1.29, 1.82) is 0 Å². The molecule has 1 saturated heterocycles. The molecule has 0 amide bonds. The van der Waals surface area contributed by atoms with Crippen molar-refractivity contribution in [3.63, 3.8) is 0 Å². The Morgan fingerprint density at radius 1 is 1.15 bits per heavy atom. The molecule has 0 atom stereocenters. The highest BCUT2D eigenvalue weighted by molar-refractivity contribution is 5.81. The molecule has 3 rings (SSSR count). The number of likely N-dealkylation sites (tertiary alicyclic amines) is 1. The number of rotatable bonds is 3. The Hall–Kier alpha value is -1.49. The summed E-state index contributed by atoms with van der Waals surface area (Å²) in [5.41, 5.74) is 1.39. The number of nitrogens with zero attached hydrogens (tertiary/aromatic N) is 2. The van der Waals surface area contributed by atoms with E-state index in [0.29, 0.717) is 12.8 Å². The van der Waals surface area contributed by atoms with Gasteiger partial charge in [0.2, 0.25) is 0 Å². The third-order valence-corrected chi connectivity index (χ3v) is 4.19. The fraction of sp³-hybridized carbons (Fsp3) is 0.438. The lowest BCUT2D eigenvalue weighted by molar-refractivity contribution is -0.0606. The van der Waals surface area contributed by atoms with Crippen LogP contribution < -0.4 is 0 Å². The molecule has 0 aliphatic carbocycles. The summed E-state index contributed by atoms with van der Waals surface area (Å²) in [6.45, 7) is 2.31. The van der Waals surface area contributed by atoms with Crippen LogP contribution in [0.2, 0.25) is 0 Å². The summed E-state index contributed by atoms with van der Waals surface area (Å²) < 4.78 is 0. The van der Waals surface area contributed by atoms with Crippen molar-refractivity contribution in [1.82, 2.24) is 9.88 Å². The average Bonchev–Trinajstić information content (AvgIpc) is 2.50. The topological polar surface area (TPSA) is 56.6 Å². The van der Waals surface area contributed by atoms with Gasteiger partial charge in [-0.15, -0.1) is 0 Å². The first-order chi connectivity index (χ1) is 9.70.